The summed E-state index contributed by atoms with van der Waals surface area (Å²) in [6.45, 7) is 0.558. The minimum atomic E-state index is -0.222. The Kier molecular flexibility index (Phi) is 3.65. The molecule has 0 aliphatic rings. The maximum atomic E-state index is 13.2. The Morgan fingerprint density at radius 1 is 1.10 bits per heavy atom. The Balaban J connectivity index is 1.86. The van der Waals surface area contributed by atoms with Crippen molar-refractivity contribution < 1.29 is 4.39 Å². The standard InChI is InChI=1S/C16H12BrFN2/c17-16-7-2-1-6-15(16)13-9-19-20(11-13)10-12-4-3-5-14(18)8-12/h1-9,11H,10H2. The number of nitrogens with zero attached hydrogens (tertiary/aromatic N) is 2. The summed E-state index contributed by atoms with van der Waals surface area (Å²) in [5.41, 5.74) is 3.03. The van der Waals surface area contributed by atoms with Gasteiger partial charge >= 0.3 is 0 Å². The van der Waals surface area contributed by atoms with Crippen molar-refractivity contribution in [3.8, 4) is 11.1 Å². The topological polar surface area (TPSA) is 17.8 Å². The third-order valence-electron chi connectivity index (χ3n) is 3.05. The van der Waals surface area contributed by atoms with Crippen LogP contribution in [0.1, 0.15) is 5.56 Å². The van der Waals surface area contributed by atoms with Gasteiger partial charge in [-0.15, -0.1) is 0 Å². The zero-order valence-corrected chi connectivity index (χ0v) is 12.2. The van der Waals surface area contributed by atoms with Crippen molar-refractivity contribution in [2.45, 2.75) is 6.54 Å². The second-order valence-corrected chi connectivity index (χ2v) is 5.39. The first kappa shape index (κ1) is 13.1. The number of hydrogen-bond donors (Lipinski definition) is 0. The molecule has 4 heteroatoms. The van der Waals surface area contributed by atoms with E-state index in [2.05, 4.69) is 21.0 Å². The van der Waals surface area contributed by atoms with Gasteiger partial charge in [0.2, 0.25) is 0 Å². The van der Waals surface area contributed by atoms with Crippen LogP contribution in [0.2, 0.25) is 0 Å². The molecule has 3 aromatic rings. The molecule has 0 unspecified atom stereocenters. The van der Waals surface area contributed by atoms with E-state index in [9.17, 15) is 4.39 Å². The van der Waals surface area contributed by atoms with Crippen LogP contribution in [0.25, 0.3) is 11.1 Å². The van der Waals surface area contributed by atoms with E-state index in [0.717, 1.165) is 21.2 Å². The lowest BCUT2D eigenvalue weighted by atomic mass is 10.1. The van der Waals surface area contributed by atoms with Crippen LogP contribution in [0.5, 0.6) is 0 Å². The third-order valence-corrected chi connectivity index (χ3v) is 3.74. The highest BCUT2D eigenvalue weighted by atomic mass is 79.9. The Labute approximate surface area is 125 Å². The number of benzene rings is 2. The molecule has 20 heavy (non-hydrogen) atoms. The van der Waals surface area contributed by atoms with Gasteiger partial charge in [0, 0.05) is 16.2 Å². The first-order chi connectivity index (χ1) is 9.72. The van der Waals surface area contributed by atoms with Gasteiger partial charge in [-0.25, -0.2) is 4.39 Å². The fourth-order valence-corrected chi connectivity index (χ4v) is 2.62. The van der Waals surface area contributed by atoms with E-state index in [1.165, 1.54) is 12.1 Å². The summed E-state index contributed by atoms with van der Waals surface area (Å²) in [5, 5.41) is 4.33. The number of rotatable bonds is 3. The summed E-state index contributed by atoms with van der Waals surface area (Å²) in [7, 11) is 0. The van der Waals surface area contributed by atoms with Crippen molar-refractivity contribution in [2.75, 3.05) is 0 Å². The summed E-state index contributed by atoms with van der Waals surface area (Å²) in [6.07, 6.45) is 3.78. The highest BCUT2D eigenvalue weighted by Crippen LogP contribution is 2.27. The maximum absolute atomic E-state index is 13.2. The molecule has 0 aliphatic carbocycles. The average Bonchev–Trinajstić information content (AvgIpc) is 2.87. The quantitative estimate of drug-likeness (QED) is 0.691. The monoisotopic (exact) mass is 330 g/mol. The van der Waals surface area contributed by atoms with Crippen LogP contribution in [0.15, 0.2) is 65.4 Å². The van der Waals surface area contributed by atoms with E-state index in [0.29, 0.717) is 6.54 Å². The Bertz CT molecular complexity index is 737. The maximum Gasteiger partial charge on any atom is 0.123 e. The molecule has 1 heterocycles. The summed E-state index contributed by atoms with van der Waals surface area (Å²) in [6, 6.07) is 14.6. The fraction of sp³-hybridized carbons (Fsp3) is 0.0625. The molecule has 0 radical (unpaired) electrons. The van der Waals surface area contributed by atoms with Crippen molar-refractivity contribution in [2.24, 2.45) is 0 Å². The SMILES string of the molecule is Fc1cccc(Cn2cc(-c3ccccc3Br)cn2)c1. The molecule has 2 nitrogen and oxygen atoms in total. The molecule has 0 aliphatic heterocycles. The van der Waals surface area contributed by atoms with Crippen molar-refractivity contribution >= 4 is 15.9 Å². The van der Waals surface area contributed by atoms with Crippen molar-refractivity contribution in [3.63, 3.8) is 0 Å². The van der Waals surface area contributed by atoms with Gasteiger partial charge in [0.05, 0.1) is 12.7 Å². The van der Waals surface area contributed by atoms with Crippen LogP contribution >= 0.6 is 15.9 Å². The fourth-order valence-electron chi connectivity index (χ4n) is 2.11. The molecule has 0 saturated carbocycles. The molecule has 0 saturated heterocycles. The average molecular weight is 331 g/mol. The minimum absolute atomic E-state index is 0.222. The largest absolute Gasteiger partial charge is 0.268 e. The molecular weight excluding hydrogens is 319 g/mol. The number of halogens is 2. The van der Waals surface area contributed by atoms with Gasteiger partial charge in [-0.1, -0.05) is 46.3 Å². The molecular formula is C16H12BrFN2. The molecule has 0 amide bonds. The van der Waals surface area contributed by atoms with E-state index >= 15 is 0 Å². The molecule has 3 rings (SSSR count). The highest BCUT2D eigenvalue weighted by Gasteiger charge is 2.05. The molecule has 0 atom stereocenters. The highest BCUT2D eigenvalue weighted by molar-refractivity contribution is 9.10. The van der Waals surface area contributed by atoms with E-state index in [1.807, 2.05) is 47.4 Å². The zero-order valence-electron chi connectivity index (χ0n) is 10.6. The van der Waals surface area contributed by atoms with E-state index in [-0.39, 0.29) is 5.82 Å². The van der Waals surface area contributed by atoms with Gasteiger partial charge in [0.15, 0.2) is 0 Å². The van der Waals surface area contributed by atoms with Gasteiger partial charge in [0.25, 0.3) is 0 Å². The smallest absolute Gasteiger partial charge is 0.123 e. The van der Waals surface area contributed by atoms with Crippen LogP contribution in [0.3, 0.4) is 0 Å². The number of hydrogen-bond acceptors (Lipinski definition) is 1. The summed E-state index contributed by atoms with van der Waals surface area (Å²) >= 11 is 3.53. The molecule has 0 bridgehead atoms. The van der Waals surface area contributed by atoms with Crippen molar-refractivity contribution in [3.05, 3.63) is 76.8 Å². The summed E-state index contributed by atoms with van der Waals surface area (Å²) in [4.78, 5) is 0. The van der Waals surface area contributed by atoms with Crippen LogP contribution < -0.4 is 0 Å². The van der Waals surface area contributed by atoms with E-state index in [1.54, 1.807) is 6.07 Å². The molecule has 0 fully saturated rings. The molecule has 2 aromatic carbocycles. The third kappa shape index (κ3) is 2.80. The predicted molar refractivity (Wildman–Crippen MR) is 80.9 cm³/mol. The van der Waals surface area contributed by atoms with Gasteiger partial charge in [-0.2, -0.15) is 5.10 Å². The van der Waals surface area contributed by atoms with Gasteiger partial charge in [-0.05, 0) is 29.3 Å². The Morgan fingerprint density at radius 2 is 1.95 bits per heavy atom. The molecule has 1 aromatic heterocycles. The van der Waals surface area contributed by atoms with Crippen molar-refractivity contribution in [1.29, 1.82) is 0 Å². The zero-order chi connectivity index (χ0) is 13.9. The molecule has 0 N–H and O–H groups in total. The first-order valence-corrected chi connectivity index (χ1v) is 7.03. The molecule has 0 spiro atoms. The van der Waals surface area contributed by atoms with Crippen LogP contribution in [-0.4, -0.2) is 9.78 Å². The van der Waals surface area contributed by atoms with Crippen LogP contribution in [-0.2, 0) is 6.54 Å². The lowest BCUT2D eigenvalue weighted by Gasteiger charge is -2.02. The van der Waals surface area contributed by atoms with Gasteiger partial charge in [-0.3, -0.25) is 4.68 Å². The van der Waals surface area contributed by atoms with E-state index in [4.69, 9.17) is 0 Å². The Hall–Kier alpha value is -1.94. The number of aromatic nitrogens is 2. The lowest BCUT2D eigenvalue weighted by Crippen LogP contribution is -1.99. The predicted octanol–water partition coefficient (Wildman–Crippen LogP) is 4.50. The molecule has 100 valence electrons. The minimum Gasteiger partial charge on any atom is -0.268 e. The second kappa shape index (κ2) is 5.59. The summed E-state index contributed by atoms with van der Waals surface area (Å²) < 4.78 is 16.0. The van der Waals surface area contributed by atoms with Gasteiger partial charge < -0.3 is 0 Å². The van der Waals surface area contributed by atoms with Gasteiger partial charge in [0.1, 0.15) is 5.82 Å². The van der Waals surface area contributed by atoms with Crippen molar-refractivity contribution in [1.82, 2.24) is 9.78 Å². The summed E-state index contributed by atoms with van der Waals surface area (Å²) in [5.74, 6) is -0.222. The second-order valence-electron chi connectivity index (χ2n) is 4.54. The Morgan fingerprint density at radius 3 is 2.75 bits per heavy atom. The normalized spacial score (nSPS) is 10.7. The first-order valence-electron chi connectivity index (χ1n) is 6.24. The lowest BCUT2D eigenvalue weighted by molar-refractivity contribution is 0.619. The van der Waals surface area contributed by atoms with E-state index < -0.39 is 0 Å². The van der Waals surface area contributed by atoms with Crippen LogP contribution in [0, 0.1) is 5.82 Å². The van der Waals surface area contributed by atoms with Crippen LogP contribution in [0.4, 0.5) is 4.39 Å².